The number of carbonyl (C=O) groups excluding carboxylic acids is 1. The lowest BCUT2D eigenvalue weighted by atomic mass is 9.77. The van der Waals surface area contributed by atoms with Crippen LogP contribution in [-0.4, -0.2) is 42.4 Å². The third-order valence-electron chi connectivity index (χ3n) is 4.76. The summed E-state index contributed by atoms with van der Waals surface area (Å²) >= 11 is 0. The predicted octanol–water partition coefficient (Wildman–Crippen LogP) is 2.44. The number of nitrogens with zero attached hydrogens (tertiary/aromatic N) is 2. The summed E-state index contributed by atoms with van der Waals surface area (Å²) in [6, 6.07) is 7.27. The minimum absolute atomic E-state index is 0.0536. The average molecular weight is 276 g/mol. The summed E-state index contributed by atoms with van der Waals surface area (Å²) in [7, 11) is 4.11. The minimum Gasteiger partial charge on any atom is -0.335 e. The molecular formula is C16H21FN2O. The van der Waals surface area contributed by atoms with Crippen molar-refractivity contribution in [3.8, 4) is 0 Å². The van der Waals surface area contributed by atoms with E-state index in [2.05, 4.69) is 19.0 Å². The van der Waals surface area contributed by atoms with Crippen molar-refractivity contribution in [2.75, 3.05) is 20.6 Å². The smallest absolute Gasteiger partial charge is 0.226 e. The Labute approximate surface area is 119 Å². The van der Waals surface area contributed by atoms with Crippen molar-refractivity contribution in [2.45, 2.75) is 31.3 Å². The molecule has 0 bridgehead atoms. The molecule has 3 rings (SSSR count). The highest BCUT2D eigenvalue weighted by atomic mass is 19.1. The first kappa shape index (κ1) is 13.6. The highest BCUT2D eigenvalue weighted by Crippen LogP contribution is 2.40. The Bertz CT molecular complexity index is 511. The molecule has 1 saturated carbocycles. The highest BCUT2D eigenvalue weighted by molar-refractivity contribution is 5.81. The van der Waals surface area contributed by atoms with E-state index in [-0.39, 0.29) is 23.7 Å². The molecular weight excluding hydrogens is 255 g/mol. The van der Waals surface area contributed by atoms with E-state index in [1.165, 1.54) is 6.07 Å². The second-order valence-electron chi connectivity index (χ2n) is 6.14. The molecule has 108 valence electrons. The second-order valence-corrected chi connectivity index (χ2v) is 6.14. The Hall–Kier alpha value is -1.42. The van der Waals surface area contributed by atoms with Crippen LogP contribution < -0.4 is 0 Å². The number of halogens is 1. The maximum Gasteiger partial charge on any atom is 0.226 e. The van der Waals surface area contributed by atoms with Gasteiger partial charge in [-0.15, -0.1) is 0 Å². The molecule has 20 heavy (non-hydrogen) atoms. The van der Waals surface area contributed by atoms with E-state index in [0.29, 0.717) is 11.6 Å². The summed E-state index contributed by atoms with van der Waals surface area (Å²) < 4.78 is 13.8. The van der Waals surface area contributed by atoms with Crippen LogP contribution in [0.25, 0.3) is 0 Å². The van der Waals surface area contributed by atoms with Gasteiger partial charge in [0.05, 0.1) is 6.04 Å². The van der Waals surface area contributed by atoms with Crippen molar-refractivity contribution in [2.24, 2.45) is 5.92 Å². The number of hydrogen-bond acceptors (Lipinski definition) is 2. The molecule has 3 nitrogen and oxygen atoms in total. The number of amides is 1. The number of carbonyl (C=O) groups is 1. The average Bonchev–Trinajstić information content (AvgIpc) is 2.28. The van der Waals surface area contributed by atoms with Crippen LogP contribution in [0.4, 0.5) is 4.39 Å². The molecule has 2 fully saturated rings. The van der Waals surface area contributed by atoms with Crippen LogP contribution in [0.2, 0.25) is 0 Å². The molecule has 1 aromatic carbocycles. The molecule has 1 atom stereocenters. The predicted molar refractivity (Wildman–Crippen MR) is 75.7 cm³/mol. The maximum absolute atomic E-state index is 13.8. The molecule has 0 spiro atoms. The van der Waals surface area contributed by atoms with Gasteiger partial charge in [0.2, 0.25) is 5.91 Å². The van der Waals surface area contributed by atoms with Gasteiger partial charge in [-0.25, -0.2) is 4.39 Å². The molecule has 0 N–H and O–H groups in total. The summed E-state index contributed by atoms with van der Waals surface area (Å²) in [5.41, 5.74) is 0.663. The third-order valence-corrected chi connectivity index (χ3v) is 4.76. The van der Waals surface area contributed by atoms with E-state index in [9.17, 15) is 9.18 Å². The lowest BCUT2D eigenvalue weighted by molar-refractivity contribution is -0.148. The summed E-state index contributed by atoms with van der Waals surface area (Å²) in [6.45, 7) is 0.765. The van der Waals surface area contributed by atoms with Gasteiger partial charge in [-0.3, -0.25) is 4.79 Å². The molecule has 0 radical (unpaired) electrons. The largest absolute Gasteiger partial charge is 0.335 e. The Balaban J connectivity index is 1.64. The number of benzene rings is 1. The lowest BCUT2D eigenvalue weighted by Gasteiger charge is -2.47. The molecule has 1 saturated heterocycles. The van der Waals surface area contributed by atoms with E-state index >= 15 is 0 Å². The normalized spacial score (nSPS) is 29.0. The van der Waals surface area contributed by atoms with Crippen LogP contribution in [0.3, 0.4) is 0 Å². The molecule has 1 amide bonds. The van der Waals surface area contributed by atoms with Crippen LogP contribution in [0.5, 0.6) is 0 Å². The Morgan fingerprint density at radius 2 is 2.00 bits per heavy atom. The van der Waals surface area contributed by atoms with Gasteiger partial charge in [0.1, 0.15) is 5.82 Å². The Kier molecular flexibility index (Phi) is 3.50. The van der Waals surface area contributed by atoms with Gasteiger partial charge in [0.15, 0.2) is 0 Å². The quantitative estimate of drug-likeness (QED) is 0.846. The van der Waals surface area contributed by atoms with Gasteiger partial charge in [-0.2, -0.15) is 0 Å². The molecule has 2 aliphatic rings. The zero-order valence-electron chi connectivity index (χ0n) is 12.1. The third kappa shape index (κ3) is 2.22. The zero-order valence-corrected chi connectivity index (χ0v) is 12.1. The topological polar surface area (TPSA) is 23.6 Å². The standard InChI is InChI=1S/C16H21FN2O/c1-18(2)12-9-11(10-12)16(20)19-8-7-15(19)13-5-3-4-6-14(13)17/h3-6,11-12,15H,7-10H2,1-2H3. The van der Waals surface area contributed by atoms with E-state index in [1.807, 2.05) is 11.0 Å². The molecule has 4 heteroatoms. The van der Waals surface area contributed by atoms with Crippen molar-refractivity contribution < 1.29 is 9.18 Å². The SMILES string of the molecule is CN(C)C1CC(C(=O)N2CCC2c2ccccc2F)C1. The first-order valence-electron chi connectivity index (χ1n) is 7.29. The van der Waals surface area contributed by atoms with Crippen molar-refractivity contribution in [1.82, 2.24) is 9.80 Å². The van der Waals surface area contributed by atoms with Gasteiger partial charge in [-0.1, -0.05) is 18.2 Å². The van der Waals surface area contributed by atoms with Gasteiger partial charge >= 0.3 is 0 Å². The first-order valence-corrected chi connectivity index (χ1v) is 7.29. The van der Waals surface area contributed by atoms with Crippen molar-refractivity contribution in [1.29, 1.82) is 0 Å². The van der Waals surface area contributed by atoms with Crippen LogP contribution in [0.15, 0.2) is 24.3 Å². The lowest BCUT2D eigenvalue weighted by Crippen LogP contribution is -2.53. The number of hydrogen-bond donors (Lipinski definition) is 0. The highest BCUT2D eigenvalue weighted by Gasteiger charge is 2.43. The summed E-state index contributed by atoms with van der Waals surface area (Å²) in [6.07, 6.45) is 2.75. The van der Waals surface area contributed by atoms with Crippen LogP contribution in [-0.2, 0) is 4.79 Å². The van der Waals surface area contributed by atoms with Gasteiger partial charge in [-0.05, 0) is 39.4 Å². The maximum atomic E-state index is 13.8. The molecule has 0 aromatic heterocycles. The van der Waals surface area contributed by atoms with E-state index in [1.54, 1.807) is 12.1 Å². The first-order chi connectivity index (χ1) is 9.58. The number of rotatable bonds is 3. The Morgan fingerprint density at radius 1 is 1.30 bits per heavy atom. The fourth-order valence-electron chi connectivity index (χ4n) is 3.17. The number of likely N-dealkylation sites (tertiary alicyclic amines) is 1. The van der Waals surface area contributed by atoms with Gasteiger partial charge < -0.3 is 9.80 Å². The van der Waals surface area contributed by atoms with Gasteiger partial charge in [0.25, 0.3) is 0 Å². The summed E-state index contributed by atoms with van der Waals surface area (Å²) in [5.74, 6) is 0.148. The minimum atomic E-state index is -0.199. The molecule has 1 aliphatic heterocycles. The monoisotopic (exact) mass is 276 g/mol. The van der Waals surface area contributed by atoms with Crippen LogP contribution in [0.1, 0.15) is 30.9 Å². The fraction of sp³-hybridized carbons (Fsp3) is 0.562. The van der Waals surface area contributed by atoms with Crippen LogP contribution >= 0.6 is 0 Å². The van der Waals surface area contributed by atoms with Crippen molar-refractivity contribution >= 4 is 5.91 Å². The zero-order chi connectivity index (χ0) is 14.3. The fourth-order valence-corrected chi connectivity index (χ4v) is 3.17. The Morgan fingerprint density at radius 3 is 2.55 bits per heavy atom. The summed E-state index contributed by atoms with van der Waals surface area (Å²) in [4.78, 5) is 16.5. The molecule has 1 unspecified atom stereocenters. The van der Waals surface area contributed by atoms with Crippen molar-refractivity contribution in [3.63, 3.8) is 0 Å². The summed E-state index contributed by atoms with van der Waals surface area (Å²) in [5, 5.41) is 0. The van der Waals surface area contributed by atoms with Crippen molar-refractivity contribution in [3.05, 3.63) is 35.6 Å². The molecule has 1 aromatic rings. The van der Waals surface area contributed by atoms with E-state index < -0.39 is 0 Å². The second kappa shape index (κ2) is 5.17. The molecule has 1 aliphatic carbocycles. The van der Waals surface area contributed by atoms with Gasteiger partial charge in [0, 0.05) is 24.1 Å². The molecule has 1 heterocycles. The van der Waals surface area contributed by atoms with E-state index in [4.69, 9.17) is 0 Å². The van der Waals surface area contributed by atoms with Crippen LogP contribution in [0, 0.1) is 11.7 Å². The van der Waals surface area contributed by atoms with E-state index in [0.717, 1.165) is 25.8 Å².